The predicted molar refractivity (Wildman–Crippen MR) is 68.0 cm³/mol. The highest BCUT2D eigenvalue weighted by Gasteiger charge is 2.15. The van der Waals surface area contributed by atoms with Gasteiger partial charge in [-0.1, -0.05) is 0 Å². The Morgan fingerprint density at radius 2 is 2.30 bits per heavy atom. The predicted octanol–water partition coefficient (Wildman–Crippen LogP) is 0.792. The van der Waals surface area contributed by atoms with Crippen molar-refractivity contribution in [1.29, 1.82) is 5.26 Å². The quantitative estimate of drug-likeness (QED) is 0.878. The molecular formula is C11H10N6O2S. The summed E-state index contributed by atoms with van der Waals surface area (Å²) in [6.45, 7) is 3.23. The number of hydrogen-bond donors (Lipinski definition) is 1. The first-order valence-corrected chi connectivity index (χ1v) is 6.37. The van der Waals surface area contributed by atoms with Crippen molar-refractivity contribution in [3.05, 3.63) is 23.0 Å². The van der Waals surface area contributed by atoms with Crippen LogP contribution in [0.3, 0.4) is 0 Å². The van der Waals surface area contributed by atoms with Crippen molar-refractivity contribution in [2.24, 2.45) is 0 Å². The normalized spacial score (nSPS) is 10.2. The molecule has 2 aromatic heterocycles. The van der Waals surface area contributed by atoms with Crippen LogP contribution in [0.15, 0.2) is 16.1 Å². The molecule has 2 heterocycles. The lowest BCUT2D eigenvalue weighted by Crippen LogP contribution is -2.11. The third-order valence-electron chi connectivity index (χ3n) is 2.39. The molecule has 2 rings (SSSR count). The average molecular weight is 290 g/mol. The summed E-state index contributed by atoms with van der Waals surface area (Å²) in [7, 11) is 0. The number of aromatic nitrogens is 5. The molecule has 0 fully saturated rings. The Kier molecular flexibility index (Phi) is 3.95. The molecule has 0 aliphatic carbocycles. The number of rotatable bonds is 4. The molecule has 0 amide bonds. The van der Waals surface area contributed by atoms with Gasteiger partial charge >= 0.3 is 5.97 Å². The van der Waals surface area contributed by atoms with Gasteiger partial charge in [-0.05, 0) is 42.1 Å². The maximum absolute atomic E-state index is 10.7. The highest BCUT2D eigenvalue weighted by atomic mass is 32.2. The van der Waals surface area contributed by atoms with E-state index in [1.807, 2.05) is 6.92 Å². The number of carboxylic acid groups (broad SMARTS) is 1. The second kappa shape index (κ2) is 5.66. The van der Waals surface area contributed by atoms with Gasteiger partial charge in [-0.25, -0.2) is 4.68 Å². The van der Waals surface area contributed by atoms with E-state index in [4.69, 9.17) is 5.11 Å². The first kappa shape index (κ1) is 14.0. The molecule has 0 spiro atoms. The smallest absolute Gasteiger partial charge is 0.325 e. The topological polar surface area (TPSA) is 118 Å². The monoisotopic (exact) mass is 290 g/mol. The van der Waals surface area contributed by atoms with E-state index in [9.17, 15) is 10.1 Å². The van der Waals surface area contributed by atoms with Crippen LogP contribution in [-0.2, 0) is 11.3 Å². The lowest BCUT2D eigenvalue weighted by atomic mass is 10.2. The van der Waals surface area contributed by atoms with E-state index in [1.165, 1.54) is 4.68 Å². The minimum atomic E-state index is -1.04. The molecule has 0 aromatic carbocycles. The van der Waals surface area contributed by atoms with Crippen LogP contribution < -0.4 is 0 Å². The van der Waals surface area contributed by atoms with E-state index in [1.54, 1.807) is 13.0 Å². The fraction of sp³-hybridized carbons (Fsp3) is 0.273. The number of hydrogen-bond acceptors (Lipinski definition) is 7. The first-order valence-electron chi connectivity index (χ1n) is 5.55. The van der Waals surface area contributed by atoms with Crippen LogP contribution in [0.1, 0.15) is 17.0 Å². The molecule has 8 nitrogen and oxygen atoms in total. The molecule has 0 atom stereocenters. The van der Waals surface area contributed by atoms with Crippen LogP contribution in [0, 0.1) is 25.2 Å². The zero-order valence-electron chi connectivity index (χ0n) is 10.7. The molecule has 2 aromatic rings. The Hall–Kier alpha value is -2.47. The van der Waals surface area contributed by atoms with Gasteiger partial charge in [0.25, 0.3) is 0 Å². The second-order valence-electron chi connectivity index (χ2n) is 3.95. The van der Waals surface area contributed by atoms with Gasteiger partial charge in [-0.3, -0.25) is 9.78 Å². The van der Waals surface area contributed by atoms with Crippen molar-refractivity contribution in [2.45, 2.75) is 30.4 Å². The Labute approximate surface area is 118 Å². The number of nitrogens with zero attached hydrogens (tertiary/aromatic N) is 6. The molecular weight excluding hydrogens is 280 g/mol. The van der Waals surface area contributed by atoms with Crippen molar-refractivity contribution >= 4 is 17.7 Å². The third kappa shape index (κ3) is 2.92. The lowest BCUT2D eigenvalue weighted by Gasteiger charge is -2.06. The summed E-state index contributed by atoms with van der Waals surface area (Å²) in [5, 5.41) is 29.1. The van der Waals surface area contributed by atoms with Gasteiger partial charge in [0.2, 0.25) is 5.16 Å². The number of carbonyl (C=O) groups is 1. The third-order valence-corrected chi connectivity index (χ3v) is 3.41. The van der Waals surface area contributed by atoms with E-state index < -0.39 is 5.97 Å². The number of pyridine rings is 1. The maximum Gasteiger partial charge on any atom is 0.325 e. The van der Waals surface area contributed by atoms with Crippen LogP contribution in [0.2, 0.25) is 0 Å². The van der Waals surface area contributed by atoms with Crippen LogP contribution in [-0.4, -0.2) is 36.3 Å². The van der Waals surface area contributed by atoms with Gasteiger partial charge in [0, 0.05) is 10.6 Å². The highest BCUT2D eigenvalue weighted by Crippen LogP contribution is 2.30. The standard InChI is InChI=1S/C11H10N6O2S/c1-6-3-9(8(4-12)7(2)13-6)20-11-14-15-16-17(11)5-10(18)19/h3H,5H2,1-2H3,(H,18,19). The molecule has 0 saturated heterocycles. The van der Waals surface area contributed by atoms with Gasteiger partial charge in [0.05, 0.1) is 11.3 Å². The van der Waals surface area contributed by atoms with Crippen LogP contribution in [0.5, 0.6) is 0 Å². The Morgan fingerprint density at radius 3 is 2.95 bits per heavy atom. The maximum atomic E-state index is 10.7. The number of aryl methyl sites for hydroxylation is 2. The number of carboxylic acids is 1. The van der Waals surface area contributed by atoms with Crippen molar-refractivity contribution in [3.63, 3.8) is 0 Å². The molecule has 0 aliphatic heterocycles. The molecule has 0 saturated carbocycles. The van der Waals surface area contributed by atoms with E-state index in [0.717, 1.165) is 17.5 Å². The number of tetrazole rings is 1. The van der Waals surface area contributed by atoms with Crippen molar-refractivity contribution in [1.82, 2.24) is 25.2 Å². The van der Waals surface area contributed by atoms with Crippen molar-refractivity contribution in [2.75, 3.05) is 0 Å². The molecule has 9 heteroatoms. The second-order valence-corrected chi connectivity index (χ2v) is 4.96. The SMILES string of the molecule is Cc1cc(Sc2nnnn2CC(=O)O)c(C#N)c(C)n1. The summed E-state index contributed by atoms with van der Waals surface area (Å²) in [4.78, 5) is 15.6. The summed E-state index contributed by atoms with van der Waals surface area (Å²) in [6, 6.07) is 3.83. The largest absolute Gasteiger partial charge is 0.480 e. The Morgan fingerprint density at radius 1 is 1.55 bits per heavy atom. The Balaban J connectivity index is 2.38. The van der Waals surface area contributed by atoms with Gasteiger partial charge in [-0.2, -0.15) is 5.26 Å². The van der Waals surface area contributed by atoms with Crippen LogP contribution >= 0.6 is 11.8 Å². The fourth-order valence-electron chi connectivity index (χ4n) is 1.60. The summed E-state index contributed by atoms with van der Waals surface area (Å²) in [5.41, 5.74) is 1.82. The molecule has 102 valence electrons. The van der Waals surface area contributed by atoms with Gasteiger partial charge in [0.15, 0.2) is 0 Å². The highest BCUT2D eigenvalue weighted by molar-refractivity contribution is 7.99. The van der Waals surface area contributed by atoms with Crippen molar-refractivity contribution < 1.29 is 9.90 Å². The van der Waals surface area contributed by atoms with E-state index in [-0.39, 0.29) is 6.54 Å². The van der Waals surface area contributed by atoms with E-state index in [0.29, 0.717) is 21.3 Å². The van der Waals surface area contributed by atoms with E-state index in [2.05, 4.69) is 26.6 Å². The minimum Gasteiger partial charge on any atom is -0.480 e. The van der Waals surface area contributed by atoms with Crippen LogP contribution in [0.4, 0.5) is 0 Å². The first-order chi connectivity index (χ1) is 9.51. The fourth-order valence-corrected chi connectivity index (χ4v) is 2.61. The average Bonchev–Trinajstić information content (AvgIpc) is 2.75. The van der Waals surface area contributed by atoms with Crippen molar-refractivity contribution in [3.8, 4) is 6.07 Å². The van der Waals surface area contributed by atoms with Gasteiger partial charge in [0.1, 0.15) is 12.6 Å². The van der Waals surface area contributed by atoms with Gasteiger partial charge < -0.3 is 5.11 Å². The summed E-state index contributed by atoms with van der Waals surface area (Å²) < 4.78 is 1.17. The number of nitriles is 1. The molecule has 0 aliphatic rings. The summed E-state index contributed by atoms with van der Waals surface area (Å²) in [5.74, 6) is -1.04. The number of aliphatic carboxylic acids is 1. The molecule has 0 unspecified atom stereocenters. The van der Waals surface area contributed by atoms with E-state index >= 15 is 0 Å². The summed E-state index contributed by atoms with van der Waals surface area (Å²) >= 11 is 1.14. The zero-order chi connectivity index (χ0) is 14.7. The minimum absolute atomic E-state index is 0.314. The summed E-state index contributed by atoms with van der Waals surface area (Å²) in [6.07, 6.45) is 0. The Bertz CT molecular complexity index is 705. The lowest BCUT2D eigenvalue weighted by molar-refractivity contribution is -0.138. The van der Waals surface area contributed by atoms with Crippen LogP contribution in [0.25, 0.3) is 0 Å². The molecule has 20 heavy (non-hydrogen) atoms. The van der Waals surface area contributed by atoms with Gasteiger partial charge in [-0.15, -0.1) is 5.10 Å². The molecule has 0 bridgehead atoms. The zero-order valence-corrected chi connectivity index (χ0v) is 11.5. The molecule has 1 N–H and O–H groups in total. The molecule has 0 radical (unpaired) electrons.